The van der Waals surface area contributed by atoms with Crippen LogP contribution in [0.25, 0.3) is 17.7 Å². The Morgan fingerprint density at radius 1 is 0.630 bits per heavy atom. The Morgan fingerprint density at radius 2 is 1.13 bits per heavy atom. The van der Waals surface area contributed by atoms with Gasteiger partial charge in [-0.05, 0) is 60.4 Å². The summed E-state index contributed by atoms with van der Waals surface area (Å²) in [6.07, 6.45) is 6.72. The lowest BCUT2D eigenvalue weighted by molar-refractivity contribution is -0.138. The van der Waals surface area contributed by atoms with Crippen LogP contribution in [-0.2, 0) is 38.2 Å². The summed E-state index contributed by atoms with van der Waals surface area (Å²) in [6.45, 7) is 8.83. The molecule has 0 saturated carbocycles. The van der Waals surface area contributed by atoms with Gasteiger partial charge in [-0.25, -0.2) is 9.59 Å². The zero-order valence-electron chi connectivity index (χ0n) is 26.8. The van der Waals surface area contributed by atoms with E-state index >= 15 is 0 Å². The third-order valence-electron chi connectivity index (χ3n) is 5.79. The maximum atomic E-state index is 13.6. The van der Waals surface area contributed by atoms with Gasteiger partial charge in [0.1, 0.15) is 0 Å². The summed E-state index contributed by atoms with van der Waals surface area (Å²) in [6, 6.07) is 6.89. The van der Waals surface area contributed by atoms with Gasteiger partial charge in [-0.1, -0.05) is 32.8 Å². The average Bonchev–Trinajstić information content (AvgIpc) is 2.96. The number of carbonyl (C=O) groups excluding carboxylic acids is 6. The van der Waals surface area contributed by atoms with E-state index in [-0.39, 0.29) is 52.9 Å². The number of carbonyl (C=O) groups is 6. The molecule has 2 aromatic carbocycles. The van der Waals surface area contributed by atoms with E-state index in [0.717, 1.165) is 32.8 Å². The Morgan fingerprint density at radius 3 is 1.67 bits per heavy atom. The molecule has 2 aromatic rings. The highest BCUT2D eigenvalue weighted by Gasteiger charge is 2.23. The fourth-order valence-corrected chi connectivity index (χ4v) is 3.83. The van der Waals surface area contributed by atoms with Gasteiger partial charge in [-0.2, -0.15) is 0 Å². The molecular weight excluding hydrogens is 600 g/mol. The average molecular weight is 639 g/mol. The van der Waals surface area contributed by atoms with Crippen LogP contribution in [0.2, 0.25) is 0 Å². The molecule has 0 aliphatic rings. The Balaban J connectivity index is 2.87. The number of benzene rings is 2. The lowest BCUT2D eigenvalue weighted by Gasteiger charge is -2.16. The molecule has 0 spiro atoms. The summed E-state index contributed by atoms with van der Waals surface area (Å²) < 4.78 is 31.7. The van der Waals surface area contributed by atoms with Crippen molar-refractivity contribution in [3.8, 4) is 23.0 Å². The molecule has 0 aromatic heterocycles. The van der Waals surface area contributed by atoms with E-state index in [1.54, 1.807) is 0 Å². The topological polar surface area (TPSA) is 158 Å². The van der Waals surface area contributed by atoms with Crippen molar-refractivity contribution in [3.05, 3.63) is 53.1 Å². The van der Waals surface area contributed by atoms with Crippen LogP contribution in [0, 0.1) is 0 Å². The van der Waals surface area contributed by atoms with Crippen LogP contribution in [-0.4, -0.2) is 49.0 Å². The predicted molar refractivity (Wildman–Crippen MR) is 167 cm³/mol. The van der Waals surface area contributed by atoms with Crippen LogP contribution >= 0.6 is 0 Å². The Hall–Kier alpha value is -5.26. The third kappa shape index (κ3) is 12.4. The van der Waals surface area contributed by atoms with Crippen molar-refractivity contribution >= 4 is 53.5 Å². The Kier molecular flexibility index (Phi) is 14.9. The van der Waals surface area contributed by atoms with E-state index in [1.807, 2.05) is 13.8 Å². The monoisotopic (exact) mass is 638 g/mol. The zero-order chi connectivity index (χ0) is 34.2. The second kappa shape index (κ2) is 18.5. The number of ether oxygens (including phenoxy) is 6. The largest absolute Gasteiger partial charge is 0.463 e. The summed E-state index contributed by atoms with van der Waals surface area (Å²) in [5.41, 5.74) is 0.591. The molecule has 0 heterocycles. The van der Waals surface area contributed by atoms with Crippen LogP contribution < -0.4 is 18.9 Å². The standard InChI is InChI=1S/C34H38O12/c1-7-9-15-41-33(39)14-12-26-19-31(45-23(5)37)32(46-24(6)38)20-27(26)28(34(40)42-16-10-8-2)17-25-11-13-29(43-21(3)35)30(18-25)44-22(4)36/h11-14,17-20H,7-10,15-16H2,1-6H3/b14-12+,28-17-. The van der Waals surface area contributed by atoms with Crippen molar-refractivity contribution < 1.29 is 57.2 Å². The fraction of sp³-hybridized carbons (Fsp3) is 0.353. The van der Waals surface area contributed by atoms with E-state index < -0.39 is 35.8 Å². The fourth-order valence-electron chi connectivity index (χ4n) is 3.83. The maximum Gasteiger partial charge on any atom is 0.338 e. The molecule has 12 heteroatoms. The molecule has 0 aliphatic carbocycles. The molecule has 0 radical (unpaired) electrons. The van der Waals surface area contributed by atoms with Gasteiger partial charge in [0.15, 0.2) is 23.0 Å². The third-order valence-corrected chi connectivity index (χ3v) is 5.79. The van der Waals surface area contributed by atoms with Crippen LogP contribution in [0.5, 0.6) is 23.0 Å². The maximum absolute atomic E-state index is 13.6. The van der Waals surface area contributed by atoms with Gasteiger partial charge in [-0.3, -0.25) is 19.2 Å². The lowest BCUT2D eigenvalue weighted by Crippen LogP contribution is -2.12. The van der Waals surface area contributed by atoms with Crippen molar-refractivity contribution in [2.75, 3.05) is 13.2 Å². The molecular formula is C34H38O12. The summed E-state index contributed by atoms with van der Waals surface area (Å²) in [5.74, 6) is -4.64. The summed E-state index contributed by atoms with van der Waals surface area (Å²) >= 11 is 0. The van der Waals surface area contributed by atoms with Gasteiger partial charge in [0, 0.05) is 39.3 Å². The molecule has 0 bridgehead atoms. The minimum absolute atomic E-state index is 0.0278. The van der Waals surface area contributed by atoms with Crippen molar-refractivity contribution in [2.45, 2.75) is 67.2 Å². The first-order valence-corrected chi connectivity index (χ1v) is 14.6. The molecule has 0 N–H and O–H groups in total. The van der Waals surface area contributed by atoms with Gasteiger partial charge in [0.05, 0.1) is 18.8 Å². The molecule has 12 nitrogen and oxygen atoms in total. The SMILES string of the molecule is CCCCOC(=O)/C=C/c1cc(OC(C)=O)c(OC(C)=O)cc1/C(=C/c1ccc(OC(C)=O)c(OC(C)=O)c1)C(=O)OCCCC. The molecule has 0 saturated heterocycles. The van der Waals surface area contributed by atoms with Gasteiger partial charge >= 0.3 is 35.8 Å². The van der Waals surface area contributed by atoms with Crippen LogP contribution in [0.1, 0.15) is 83.9 Å². The number of hydrogen-bond donors (Lipinski definition) is 0. The molecule has 46 heavy (non-hydrogen) atoms. The van der Waals surface area contributed by atoms with Crippen molar-refractivity contribution in [1.82, 2.24) is 0 Å². The van der Waals surface area contributed by atoms with Crippen molar-refractivity contribution in [1.29, 1.82) is 0 Å². The minimum Gasteiger partial charge on any atom is -0.463 e. The number of unbranched alkanes of at least 4 members (excludes halogenated alkanes) is 2. The minimum atomic E-state index is -0.777. The predicted octanol–water partition coefficient (Wildman–Crippen LogP) is 5.63. The van der Waals surface area contributed by atoms with Crippen LogP contribution in [0.4, 0.5) is 0 Å². The molecule has 0 aliphatic heterocycles. The molecule has 2 rings (SSSR count). The summed E-state index contributed by atoms with van der Waals surface area (Å²) in [4.78, 5) is 73.3. The first kappa shape index (κ1) is 36.9. The molecule has 0 amide bonds. The van der Waals surface area contributed by atoms with Crippen molar-refractivity contribution in [3.63, 3.8) is 0 Å². The van der Waals surface area contributed by atoms with Crippen LogP contribution in [0.3, 0.4) is 0 Å². The highest BCUT2D eigenvalue weighted by Crippen LogP contribution is 2.37. The van der Waals surface area contributed by atoms with Gasteiger partial charge in [0.2, 0.25) is 0 Å². The second-order valence-corrected chi connectivity index (χ2v) is 9.87. The van der Waals surface area contributed by atoms with E-state index in [1.165, 1.54) is 56.3 Å². The quantitative estimate of drug-likeness (QED) is 0.0780. The first-order chi connectivity index (χ1) is 21.8. The first-order valence-electron chi connectivity index (χ1n) is 14.6. The molecule has 0 fully saturated rings. The smallest absolute Gasteiger partial charge is 0.338 e. The highest BCUT2D eigenvalue weighted by atomic mass is 16.6. The highest BCUT2D eigenvalue weighted by molar-refractivity contribution is 6.22. The zero-order valence-corrected chi connectivity index (χ0v) is 26.8. The Bertz CT molecular complexity index is 1520. The van der Waals surface area contributed by atoms with E-state index in [4.69, 9.17) is 28.4 Å². The number of hydrogen-bond acceptors (Lipinski definition) is 12. The van der Waals surface area contributed by atoms with Crippen molar-refractivity contribution in [2.24, 2.45) is 0 Å². The van der Waals surface area contributed by atoms with E-state index in [9.17, 15) is 28.8 Å². The summed E-state index contributed by atoms with van der Waals surface area (Å²) in [5, 5.41) is 0. The number of esters is 6. The van der Waals surface area contributed by atoms with E-state index in [0.29, 0.717) is 18.4 Å². The molecule has 0 unspecified atom stereocenters. The summed E-state index contributed by atoms with van der Waals surface area (Å²) in [7, 11) is 0. The van der Waals surface area contributed by atoms with Gasteiger partial charge in [-0.15, -0.1) is 0 Å². The normalized spacial score (nSPS) is 11.0. The van der Waals surface area contributed by atoms with Gasteiger partial charge < -0.3 is 28.4 Å². The second-order valence-electron chi connectivity index (χ2n) is 9.87. The molecule has 246 valence electrons. The lowest BCUT2D eigenvalue weighted by atomic mass is 9.96. The van der Waals surface area contributed by atoms with E-state index in [2.05, 4.69) is 0 Å². The Labute approximate surface area is 267 Å². The van der Waals surface area contributed by atoms with Crippen LogP contribution in [0.15, 0.2) is 36.4 Å². The van der Waals surface area contributed by atoms with Gasteiger partial charge in [0.25, 0.3) is 0 Å². The number of rotatable bonds is 15. The molecule has 0 atom stereocenters.